The second kappa shape index (κ2) is 8.46. The van der Waals surface area contributed by atoms with Crippen LogP contribution >= 0.6 is 0 Å². The Balaban J connectivity index is 3.20. The summed E-state index contributed by atoms with van der Waals surface area (Å²) in [6, 6.07) is 2.23. The van der Waals surface area contributed by atoms with Crippen LogP contribution in [0.25, 0.3) is 0 Å². The van der Waals surface area contributed by atoms with Crippen molar-refractivity contribution in [3.8, 4) is 6.07 Å². The SMILES string of the molecule is CCNc1nc(CC)nc(N(CCC#N)CC(C)C)c1C. The molecule has 116 valence electrons. The van der Waals surface area contributed by atoms with Crippen molar-refractivity contribution in [1.29, 1.82) is 5.26 Å². The Kier molecular flexibility index (Phi) is 6.93. The van der Waals surface area contributed by atoms with E-state index in [2.05, 4.69) is 49.0 Å². The Bertz CT molecular complexity index is 490. The Morgan fingerprint density at radius 3 is 2.52 bits per heavy atom. The van der Waals surface area contributed by atoms with Crippen LogP contribution in [0.1, 0.15) is 45.5 Å². The summed E-state index contributed by atoms with van der Waals surface area (Å²) in [5.41, 5.74) is 1.06. The molecule has 0 aliphatic rings. The fraction of sp³-hybridized carbons (Fsp3) is 0.688. The summed E-state index contributed by atoms with van der Waals surface area (Å²) in [6.45, 7) is 13.0. The molecule has 21 heavy (non-hydrogen) atoms. The molecule has 5 nitrogen and oxygen atoms in total. The van der Waals surface area contributed by atoms with Gasteiger partial charge in [0.05, 0.1) is 12.5 Å². The molecule has 1 aromatic rings. The summed E-state index contributed by atoms with van der Waals surface area (Å²) in [6.07, 6.45) is 1.31. The Morgan fingerprint density at radius 1 is 1.29 bits per heavy atom. The van der Waals surface area contributed by atoms with E-state index in [1.54, 1.807) is 0 Å². The molecule has 1 aromatic heterocycles. The largest absolute Gasteiger partial charge is 0.370 e. The number of hydrogen-bond acceptors (Lipinski definition) is 5. The van der Waals surface area contributed by atoms with Crippen molar-refractivity contribution in [2.45, 2.75) is 47.5 Å². The molecular formula is C16H27N5. The van der Waals surface area contributed by atoms with E-state index in [1.807, 2.05) is 6.92 Å². The summed E-state index contributed by atoms with van der Waals surface area (Å²) in [7, 11) is 0. The van der Waals surface area contributed by atoms with Crippen LogP contribution in [0.15, 0.2) is 0 Å². The van der Waals surface area contributed by atoms with E-state index in [1.165, 1.54) is 0 Å². The third kappa shape index (κ3) is 4.89. The number of nitriles is 1. The van der Waals surface area contributed by atoms with Crippen molar-refractivity contribution in [2.24, 2.45) is 5.92 Å². The third-order valence-electron chi connectivity index (χ3n) is 3.21. The molecule has 0 fully saturated rings. The molecule has 0 saturated carbocycles. The lowest BCUT2D eigenvalue weighted by molar-refractivity contribution is 0.605. The van der Waals surface area contributed by atoms with Crippen LogP contribution in [0.5, 0.6) is 0 Å². The van der Waals surface area contributed by atoms with Gasteiger partial charge in [-0.25, -0.2) is 9.97 Å². The molecule has 0 radical (unpaired) electrons. The first kappa shape index (κ1) is 17.2. The van der Waals surface area contributed by atoms with E-state index in [-0.39, 0.29) is 0 Å². The fourth-order valence-corrected chi connectivity index (χ4v) is 2.26. The summed E-state index contributed by atoms with van der Waals surface area (Å²) in [5, 5.41) is 12.2. The van der Waals surface area contributed by atoms with Crippen molar-refractivity contribution < 1.29 is 0 Å². The number of anilines is 2. The lowest BCUT2D eigenvalue weighted by Crippen LogP contribution is -2.31. The fourth-order valence-electron chi connectivity index (χ4n) is 2.26. The zero-order valence-corrected chi connectivity index (χ0v) is 13.9. The van der Waals surface area contributed by atoms with Gasteiger partial charge in [0.2, 0.25) is 0 Å². The highest BCUT2D eigenvalue weighted by molar-refractivity contribution is 5.58. The molecule has 0 atom stereocenters. The van der Waals surface area contributed by atoms with Gasteiger partial charge in [0.1, 0.15) is 17.5 Å². The molecule has 0 spiro atoms. The summed E-state index contributed by atoms with van der Waals surface area (Å²) < 4.78 is 0. The molecule has 0 amide bonds. The molecule has 0 saturated heterocycles. The molecule has 1 rings (SSSR count). The first-order chi connectivity index (χ1) is 10.0. The Morgan fingerprint density at radius 2 is 2.00 bits per heavy atom. The first-order valence-electron chi connectivity index (χ1n) is 7.76. The predicted molar refractivity (Wildman–Crippen MR) is 87.6 cm³/mol. The van der Waals surface area contributed by atoms with Crippen molar-refractivity contribution in [3.63, 3.8) is 0 Å². The third-order valence-corrected chi connectivity index (χ3v) is 3.21. The standard InChI is InChI=1S/C16H27N5/c1-6-14-19-15(18-7-2)13(5)16(20-14)21(10-8-9-17)11-12(3)4/h12H,6-8,10-11H2,1-5H3,(H,18,19,20). The second-order valence-electron chi connectivity index (χ2n) is 5.57. The average molecular weight is 289 g/mol. The van der Waals surface area contributed by atoms with Gasteiger partial charge in [0.15, 0.2) is 0 Å². The van der Waals surface area contributed by atoms with Gasteiger partial charge in [-0.15, -0.1) is 0 Å². The van der Waals surface area contributed by atoms with Crippen LogP contribution in [0.4, 0.5) is 11.6 Å². The van der Waals surface area contributed by atoms with Crippen LogP contribution in [0.2, 0.25) is 0 Å². The number of hydrogen-bond donors (Lipinski definition) is 1. The Hall–Kier alpha value is -1.83. The molecule has 0 aromatic carbocycles. The van der Waals surface area contributed by atoms with Crippen LogP contribution in [0, 0.1) is 24.2 Å². The van der Waals surface area contributed by atoms with Crippen molar-refractivity contribution >= 4 is 11.6 Å². The van der Waals surface area contributed by atoms with Crippen molar-refractivity contribution in [1.82, 2.24) is 9.97 Å². The number of aromatic nitrogens is 2. The summed E-state index contributed by atoms with van der Waals surface area (Å²) in [4.78, 5) is 11.5. The van der Waals surface area contributed by atoms with Gasteiger partial charge in [0, 0.05) is 31.6 Å². The van der Waals surface area contributed by atoms with E-state index < -0.39 is 0 Å². The van der Waals surface area contributed by atoms with E-state index in [0.29, 0.717) is 18.9 Å². The van der Waals surface area contributed by atoms with Gasteiger partial charge < -0.3 is 10.2 Å². The number of aryl methyl sites for hydroxylation is 1. The maximum absolute atomic E-state index is 8.88. The zero-order chi connectivity index (χ0) is 15.8. The van der Waals surface area contributed by atoms with Crippen molar-refractivity contribution in [3.05, 3.63) is 11.4 Å². The smallest absolute Gasteiger partial charge is 0.137 e. The van der Waals surface area contributed by atoms with Crippen LogP contribution in [0.3, 0.4) is 0 Å². The minimum Gasteiger partial charge on any atom is -0.370 e. The van der Waals surface area contributed by atoms with Gasteiger partial charge in [-0.05, 0) is 19.8 Å². The molecule has 1 heterocycles. The van der Waals surface area contributed by atoms with Gasteiger partial charge >= 0.3 is 0 Å². The van der Waals surface area contributed by atoms with Crippen molar-refractivity contribution in [2.75, 3.05) is 29.9 Å². The minimum atomic E-state index is 0.508. The van der Waals surface area contributed by atoms with E-state index in [4.69, 9.17) is 10.2 Å². The lowest BCUT2D eigenvalue weighted by atomic mass is 10.1. The van der Waals surface area contributed by atoms with Gasteiger partial charge in [-0.1, -0.05) is 20.8 Å². The monoisotopic (exact) mass is 289 g/mol. The molecule has 0 unspecified atom stereocenters. The van der Waals surface area contributed by atoms with Crippen LogP contribution in [-0.2, 0) is 6.42 Å². The number of rotatable bonds is 8. The maximum atomic E-state index is 8.88. The zero-order valence-electron chi connectivity index (χ0n) is 13.9. The van der Waals surface area contributed by atoms with E-state index >= 15 is 0 Å². The molecular weight excluding hydrogens is 262 g/mol. The molecule has 1 N–H and O–H groups in total. The summed E-state index contributed by atoms with van der Waals surface area (Å²) >= 11 is 0. The first-order valence-corrected chi connectivity index (χ1v) is 7.76. The predicted octanol–water partition coefficient (Wildman–Crippen LogP) is 3.16. The van der Waals surface area contributed by atoms with Gasteiger partial charge in [-0.2, -0.15) is 5.26 Å². The van der Waals surface area contributed by atoms with Crippen LogP contribution < -0.4 is 10.2 Å². The quantitative estimate of drug-likeness (QED) is 0.796. The average Bonchev–Trinajstić information content (AvgIpc) is 2.45. The number of nitrogens with one attached hydrogen (secondary N) is 1. The summed E-state index contributed by atoms with van der Waals surface area (Å²) in [5.74, 6) is 3.23. The van der Waals surface area contributed by atoms with Gasteiger partial charge in [0.25, 0.3) is 0 Å². The normalized spacial score (nSPS) is 10.5. The molecule has 0 aliphatic carbocycles. The van der Waals surface area contributed by atoms with Crippen LogP contribution in [-0.4, -0.2) is 29.6 Å². The highest BCUT2D eigenvalue weighted by atomic mass is 15.2. The van der Waals surface area contributed by atoms with E-state index in [0.717, 1.165) is 42.5 Å². The second-order valence-corrected chi connectivity index (χ2v) is 5.57. The topological polar surface area (TPSA) is 64.8 Å². The maximum Gasteiger partial charge on any atom is 0.137 e. The lowest BCUT2D eigenvalue weighted by Gasteiger charge is -2.27. The highest BCUT2D eigenvalue weighted by Gasteiger charge is 2.17. The molecule has 5 heteroatoms. The Labute approximate surface area is 128 Å². The highest BCUT2D eigenvalue weighted by Crippen LogP contribution is 2.24. The van der Waals surface area contributed by atoms with Gasteiger partial charge in [-0.3, -0.25) is 0 Å². The number of nitrogens with zero attached hydrogens (tertiary/aromatic N) is 4. The minimum absolute atomic E-state index is 0.508. The molecule has 0 aliphatic heterocycles. The van der Waals surface area contributed by atoms with E-state index in [9.17, 15) is 0 Å². The molecule has 0 bridgehead atoms.